The Balaban J connectivity index is 1.47. The van der Waals surface area contributed by atoms with Gasteiger partial charge in [-0.15, -0.1) is 0 Å². The summed E-state index contributed by atoms with van der Waals surface area (Å²) < 4.78 is 24.1. The third-order valence-electron chi connectivity index (χ3n) is 3.53. The van der Waals surface area contributed by atoms with Crippen molar-refractivity contribution in [3.63, 3.8) is 0 Å². The second-order valence-corrected chi connectivity index (χ2v) is 5.53. The molecule has 0 atom stereocenters. The third-order valence-corrected chi connectivity index (χ3v) is 3.53. The van der Waals surface area contributed by atoms with Crippen LogP contribution in [0.2, 0.25) is 0 Å². The Morgan fingerprint density at radius 1 is 1.00 bits per heavy atom. The van der Waals surface area contributed by atoms with Gasteiger partial charge < -0.3 is 14.8 Å². The summed E-state index contributed by atoms with van der Waals surface area (Å²) in [6.07, 6.45) is 1.96. The van der Waals surface area contributed by atoms with Crippen LogP contribution in [-0.2, 0) is 6.42 Å². The molecule has 0 saturated carbocycles. The van der Waals surface area contributed by atoms with E-state index < -0.39 is 0 Å². The van der Waals surface area contributed by atoms with Crippen LogP contribution in [0.1, 0.15) is 5.56 Å². The van der Waals surface area contributed by atoms with Gasteiger partial charge in [0.25, 0.3) is 0 Å². The van der Waals surface area contributed by atoms with Crippen molar-refractivity contribution in [3.05, 3.63) is 72.2 Å². The molecule has 0 aliphatic heterocycles. The smallest absolute Gasteiger partial charge is 0.226 e. The van der Waals surface area contributed by atoms with Crippen LogP contribution in [0.3, 0.4) is 0 Å². The maximum absolute atomic E-state index is 12.9. The molecule has 27 heavy (non-hydrogen) atoms. The molecule has 2 aromatic carbocycles. The van der Waals surface area contributed by atoms with E-state index >= 15 is 0 Å². The van der Waals surface area contributed by atoms with Crippen molar-refractivity contribution in [2.45, 2.75) is 6.42 Å². The van der Waals surface area contributed by atoms with E-state index in [0.717, 1.165) is 11.3 Å². The number of ether oxygens (including phenoxy) is 2. The Morgan fingerprint density at radius 2 is 1.74 bits per heavy atom. The van der Waals surface area contributed by atoms with Crippen molar-refractivity contribution in [1.29, 1.82) is 5.26 Å². The van der Waals surface area contributed by atoms with Crippen molar-refractivity contribution in [2.75, 3.05) is 18.5 Å². The topological polar surface area (TPSA) is 80.1 Å². The van der Waals surface area contributed by atoms with Crippen LogP contribution in [0.25, 0.3) is 0 Å². The number of nitrogens with one attached hydrogen (secondary N) is 1. The highest BCUT2D eigenvalue weighted by Gasteiger charge is 2.03. The molecule has 0 fully saturated rings. The van der Waals surface area contributed by atoms with Gasteiger partial charge in [-0.25, -0.2) is 9.37 Å². The number of anilines is 1. The first kappa shape index (κ1) is 18.1. The zero-order valence-corrected chi connectivity index (χ0v) is 14.4. The van der Waals surface area contributed by atoms with Gasteiger partial charge in [-0.1, -0.05) is 12.1 Å². The number of hydrogen-bond donors (Lipinski definition) is 1. The maximum Gasteiger partial charge on any atom is 0.226 e. The summed E-state index contributed by atoms with van der Waals surface area (Å²) in [5, 5.41) is 11.7. The van der Waals surface area contributed by atoms with Crippen LogP contribution in [0.4, 0.5) is 10.3 Å². The molecule has 0 aliphatic rings. The molecule has 136 valence electrons. The summed E-state index contributed by atoms with van der Waals surface area (Å²) in [7, 11) is 0. The third kappa shape index (κ3) is 5.68. The van der Waals surface area contributed by atoms with Crippen molar-refractivity contribution >= 4 is 5.95 Å². The molecule has 6 nitrogen and oxygen atoms in total. The number of hydrogen-bond acceptors (Lipinski definition) is 6. The highest BCUT2D eigenvalue weighted by atomic mass is 19.1. The first-order valence-electron chi connectivity index (χ1n) is 8.32. The van der Waals surface area contributed by atoms with E-state index in [0.29, 0.717) is 37.2 Å². The number of nitriles is 1. The molecule has 1 N–H and O–H groups in total. The number of benzene rings is 2. The summed E-state index contributed by atoms with van der Waals surface area (Å²) in [6.45, 7) is 0.921. The molecular formula is C20H17FN4O2. The van der Waals surface area contributed by atoms with Crippen LogP contribution in [0.5, 0.6) is 17.4 Å². The van der Waals surface area contributed by atoms with Crippen LogP contribution in [-0.4, -0.2) is 23.1 Å². The Hall–Kier alpha value is -3.66. The predicted octanol–water partition coefficient (Wildman–Crippen LogP) is 3.96. The van der Waals surface area contributed by atoms with E-state index in [1.807, 2.05) is 24.3 Å². The molecule has 0 bridgehead atoms. The normalized spacial score (nSPS) is 10.1. The predicted molar refractivity (Wildman–Crippen MR) is 98.2 cm³/mol. The van der Waals surface area contributed by atoms with Gasteiger partial charge in [0.15, 0.2) is 0 Å². The van der Waals surface area contributed by atoms with Crippen molar-refractivity contribution in [2.24, 2.45) is 0 Å². The van der Waals surface area contributed by atoms with E-state index in [2.05, 4.69) is 21.4 Å². The summed E-state index contributed by atoms with van der Waals surface area (Å²) in [5.74, 6) is 1.65. The van der Waals surface area contributed by atoms with Gasteiger partial charge in [-0.3, -0.25) is 0 Å². The first-order chi connectivity index (χ1) is 13.2. The first-order valence-corrected chi connectivity index (χ1v) is 8.32. The lowest BCUT2D eigenvalue weighted by atomic mass is 10.2. The van der Waals surface area contributed by atoms with Crippen molar-refractivity contribution in [1.82, 2.24) is 9.97 Å². The summed E-state index contributed by atoms with van der Waals surface area (Å²) in [6, 6.07) is 16.8. The molecule has 0 spiro atoms. The van der Waals surface area contributed by atoms with E-state index in [1.165, 1.54) is 24.3 Å². The van der Waals surface area contributed by atoms with Crippen LogP contribution in [0, 0.1) is 17.1 Å². The van der Waals surface area contributed by atoms with Crippen molar-refractivity contribution in [3.8, 4) is 23.4 Å². The Morgan fingerprint density at radius 3 is 2.48 bits per heavy atom. The average molecular weight is 364 g/mol. The SMILES string of the molecule is N#CCc1ccc(OCCNc2nccc(Oc3ccc(F)cc3)n2)cc1. The van der Waals surface area contributed by atoms with Gasteiger partial charge in [-0.05, 0) is 42.0 Å². The van der Waals surface area contributed by atoms with E-state index in [-0.39, 0.29) is 5.82 Å². The van der Waals surface area contributed by atoms with Crippen molar-refractivity contribution < 1.29 is 13.9 Å². The monoisotopic (exact) mass is 364 g/mol. The van der Waals surface area contributed by atoms with E-state index in [4.69, 9.17) is 14.7 Å². The average Bonchev–Trinajstić information content (AvgIpc) is 2.69. The Labute approximate surface area is 156 Å². The fourth-order valence-electron chi connectivity index (χ4n) is 2.23. The minimum atomic E-state index is -0.327. The van der Waals surface area contributed by atoms with Crippen LogP contribution >= 0.6 is 0 Å². The lowest BCUT2D eigenvalue weighted by Crippen LogP contribution is -2.13. The molecule has 1 aromatic heterocycles. The molecule has 0 aliphatic carbocycles. The lowest BCUT2D eigenvalue weighted by molar-refractivity contribution is 0.332. The van der Waals surface area contributed by atoms with Crippen LogP contribution < -0.4 is 14.8 Å². The highest BCUT2D eigenvalue weighted by Crippen LogP contribution is 2.20. The molecule has 0 radical (unpaired) electrons. The molecule has 3 rings (SSSR count). The van der Waals surface area contributed by atoms with Gasteiger partial charge in [0.2, 0.25) is 11.8 Å². The molecular weight excluding hydrogens is 347 g/mol. The Bertz CT molecular complexity index is 909. The highest BCUT2D eigenvalue weighted by molar-refractivity contribution is 5.32. The maximum atomic E-state index is 12.9. The number of aromatic nitrogens is 2. The van der Waals surface area contributed by atoms with Gasteiger partial charge in [0.05, 0.1) is 19.0 Å². The fraction of sp³-hybridized carbons (Fsp3) is 0.150. The quantitative estimate of drug-likeness (QED) is 0.609. The zero-order chi connectivity index (χ0) is 18.9. The number of rotatable bonds is 8. The number of halogens is 1. The molecule has 0 amide bonds. The lowest BCUT2D eigenvalue weighted by Gasteiger charge is -2.09. The van der Waals surface area contributed by atoms with Crippen LogP contribution in [0.15, 0.2) is 60.8 Å². The molecule has 7 heteroatoms. The minimum absolute atomic E-state index is 0.327. The van der Waals surface area contributed by atoms with E-state index in [1.54, 1.807) is 12.3 Å². The largest absolute Gasteiger partial charge is 0.492 e. The zero-order valence-electron chi connectivity index (χ0n) is 14.4. The minimum Gasteiger partial charge on any atom is -0.492 e. The fourth-order valence-corrected chi connectivity index (χ4v) is 2.23. The molecule has 0 unspecified atom stereocenters. The molecule has 3 aromatic rings. The van der Waals surface area contributed by atoms with Gasteiger partial charge >= 0.3 is 0 Å². The van der Waals surface area contributed by atoms with Gasteiger partial charge in [0.1, 0.15) is 23.9 Å². The second kappa shape index (κ2) is 9.15. The Kier molecular flexibility index (Phi) is 6.15. The standard InChI is InChI=1S/C20H17FN4O2/c21-16-3-7-18(8-4-16)27-19-10-12-23-20(25-19)24-13-14-26-17-5-1-15(2-6-17)9-11-22/h1-8,10,12H,9,13-14H2,(H,23,24,25). The summed E-state index contributed by atoms with van der Waals surface area (Å²) in [4.78, 5) is 8.37. The molecule has 1 heterocycles. The number of nitrogens with zero attached hydrogens (tertiary/aromatic N) is 3. The van der Waals surface area contributed by atoms with E-state index in [9.17, 15) is 4.39 Å². The summed E-state index contributed by atoms with van der Waals surface area (Å²) in [5.41, 5.74) is 0.953. The second-order valence-electron chi connectivity index (χ2n) is 5.53. The summed E-state index contributed by atoms with van der Waals surface area (Å²) >= 11 is 0. The van der Waals surface area contributed by atoms with Gasteiger partial charge in [0, 0.05) is 12.3 Å². The van der Waals surface area contributed by atoms with Gasteiger partial charge in [-0.2, -0.15) is 10.2 Å². The molecule has 0 saturated heterocycles.